The highest BCUT2D eigenvalue weighted by molar-refractivity contribution is 5.83. The average molecular weight is 379 g/mol. The third kappa shape index (κ3) is 2.42. The quantitative estimate of drug-likeness (QED) is 0.610. The maximum atomic E-state index is 12.6. The van der Waals surface area contributed by atoms with E-state index in [1.54, 1.807) is 6.92 Å². The molecule has 0 heterocycles. The fraction of sp³-hybridized carbons (Fsp3) is 0.957. The van der Waals surface area contributed by atoms with E-state index in [1.165, 1.54) is 0 Å². The van der Waals surface area contributed by atoms with Gasteiger partial charge < -0.3 is 15.3 Å². The van der Waals surface area contributed by atoms with Crippen LogP contribution in [0.25, 0.3) is 0 Å². The molecule has 0 aliphatic heterocycles. The van der Waals surface area contributed by atoms with Gasteiger partial charge in [-0.2, -0.15) is 0 Å². The van der Waals surface area contributed by atoms with Crippen LogP contribution in [0.15, 0.2) is 0 Å². The Morgan fingerprint density at radius 1 is 0.963 bits per heavy atom. The van der Waals surface area contributed by atoms with Crippen LogP contribution in [0, 0.1) is 45.8 Å². The SMILES string of the molecule is CC(=O)[C@@]1(C)CC[C@H]2[C@@H]3C[C@H](C)C4CC(O)(O)C(O)C[C@]4(C)[C@H]3CC[C@@]21C. The van der Waals surface area contributed by atoms with Gasteiger partial charge in [0.1, 0.15) is 11.9 Å². The minimum atomic E-state index is -1.95. The predicted octanol–water partition coefficient (Wildman–Crippen LogP) is 3.52. The van der Waals surface area contributed by atoms with Crippen LogP contribution in [0.4, 0.5) is 0 Å². The van der Waals surface area contributed by atoms with Gasteiger partial charge in [-0.05, 0) is 85.9 Å². The van der Waals surface area contributed by atoms with E-state index in [-0.39, 0.29) is 28.6 Å². The lowest BCUT2D eigenvalue weighted by Gasteiger charge is -2.64. The van der Waals surface area contributed by atoms with E-state index in [4.69, 9.17) is 0 Å². The average Bonchev–Trinajstić information content (AvgIpc) is 2.84. The number of carbonyl (C=O) groups excluding carboxylic acids is 1. The molecular weight excluding hydrogens is 340 g/mol. The number of rotatable bonds is 1. The second-order valence-electron chi connectivity index (χ2n) is 11.4. The molecule has 3 N–H and O–H groups in total. The molecule has 4 rings (SSSR count). The third-order valence-electron chi connectivity index (χ3n) is 10.5. The van der Waals surface area contributed by atoms with Crippen molar-refractivity contribution < 1.29 is 20.1 Å². The first-order valence-electron chi connectivity index (χ1n) is 11.0. The molecule has 4 fully saturated rings. The van der Waals surface area contributed by atoms with Crippen LogP contribution in [0.2, 0.25) is 0 Å². The Balaban J connectivity index is 1.69. The summed E-state index contributed by atoms with van der Waals surface area (Å²) < 4.78 is 0. The van der Waals surface area contributed by atoms with Crippen LogP contribution in [-0.2, 0) is 4.79 Å². The van der Waals surface area contributed by atoms with E-state index in [2.05, 4.69) is 27.7 Å². The first kappa shape index (κ1) is 19.8. The number of aliphatic hydroxyl groups excluding tert-OH is 1. The van der Waals surface area contributed by atoms with E-state index in [9.17, 15) is 20.1 Å². The lowest BCUT2D eigenvalue weighted by molar-refractivity contribution is -0.290. The van der Waals surface area contributed by atoms with E-state index >= 15 is 0 Å². The van der Waals surface area contributed by atoms with Crippen molar-refractivity contribution in [3.05, 3.63) is 0 Å². The van der Waals surface area contributed by atoms with Crippen LogP contribution in [0.3, 0.4) is 0 Å². The normalized spacial score (nSPS) is 56.7. The van der Waals surface area contributed by atoms with Crippen LogP contribution in [0.5, 0.6) is 0 Å². The zero-order valence-corrected chi connectivity index (χ0v) is 17.7. The molecule has 2 unspecified atom stereocenters. The lowest BCUT2D eigenvalue weighted by atomic mass is 9.41. The van der Waals surface area contributed by atoms with Crippen molar-refractivity contribution in [1.29, 1.82) is 0 Å². The van der Waals surface area contributed by atoms with Crippen molar-refractivity contribution >= 4 is 5.78 Å². The Bertz CT molecular complexity index is 644. The molecule has 4 saturated carbocycles. The number of carbonyl (C=O) groups is 1. The fourth-order valence-corrected chi connectivity index (χ4v) is 8.58. The Hall–Kier alpha value is -0.450. The van der Waals surface area contributed by atoms with Crippen molar-refractivity contribution in [1.82, 2.24) is 0 Å². The molecule has 0 aromatic heterocycles. The van der Waals surface area contributed by atoms with Gasteiger partial charge in [-0.15, -0.1) is 0 Å². The second-order valence-corrected chi connectivity index (χ2v) is 11.4. The topological polar surface area (TPSA) is 77.8 Å². The van der Waals surface area contributed by atoms with Gasteiger partial charge in [0.15, 0.2) is 5.79 Å². The van der Waals surface area contributed by atoms with E-state index < -0.39 is 11.9 Å². The monoisotopic (exact) mass is 378 g/mol. The standard InChI is InChI=1S/C23H38O4/c1-13-10-15-16(20(3)12-19(25)23(26,27)11-18(13)20)6-9-22(5)17(15)7-8-21(22,4)14(2)24/h13,15-19,25-27H,6-12H2,1-5H3/t13-,15+,16-,17-,18?,19?,20+,21+,22-/m0/s1. The summed E-state index contributed by atoms with van der Waals surface area (Å²) in [4.78, 5) is 12.6. The fourth-order valence-electron chi connectivity index (χ4n) is 8.58. The van der Waals surface area contributed by atoms with Gasteiger partial charge >= 0.3 is 0 Å². The molecule has 0 radical (unpaired) electrons. The molecule has 4 heteroatoms. The highest BCUT2D eigenvalue weighted by atomic mass is 16.5. The minimum absolute atomic E-state index is 0.0484. The molecule has 9 atom stereocenters. The third-order valence-corrected chi connectivity index (χ3v) is 10.5. The number of hydrogen-bond donors (Lipinski definition) is 3. The summed E-state index contributed by atoms with van der Waals surface area (Å²) in [6.07, 6.45) is 5.11. The highest BCUT2D eigenvalue weighted by Crippen LogP contribution is 2.71. The van der Waals surface area contributed by atoms with Gasteiger partial charge in [-0.25, -0.2) is 0 Å². The minimum Gasteiger partial charge on any atom is -0.388 e. The molecule has 0 bridgehead atoms. The van der Waals surface area contributed by atoms with Crippen molar-refractivity contribution in [2.45, 2.75) is 91.5 Å². The molecule has 4 aliphatic carbocycles. The molecule has 0 aromatic carbocycles. The zero-order chi connectivity index (χ0) is 20.0. The van der Waals surface area contributed by atoms with E-state index in [0.717, 1.165) is 32.1 Å². The molecule has 27 heavy (non-hydrogen) atoms. The smallest absolute Gasteiger partial charge is 0.189 e. The molecule has 0 amide bonds. The van der Waals surface area contributed by atoms with Gasteiger partial charge in [0, 0.05) is 11.8 Å². The van der Waals surface area contributed by atoms with E-state index in [0.29, 0.717) is 35.9 Å². The van der Waals surface area contributed by atoms with Crippen molar-refractivity contribution in [3.63, 3.8) is 0 Å². The summed E-state index contributed by atoms with van der Waals surface area (Å²) in [7, 11) is 0. The van der Waals surface area contributed by atoms with Gasteiger partial charge in [0.05, 0.1) is 0 Å². The Morgan fingerprint density at radius 2 is 1.59 bits per heavy atom. The van der Waals surface area contributed by atoms with Gasteiger partial charge in [0.25, 0.3) is 0 Å². The Kier molecular flexibility index (Phi) is 4.26. The highest BCUT2D eigenvalue weighted by Gasteiger charge is 2.67. The van der Waals surface area contributed by atoms with Crippen LogP contribution >= 0.6 is 0 Å². The summed E-state index contributed by atoms with van der Waals surface area (Å²) in [5, 5.41) is 31.1. The number of aliphatic hydroxyl groups is 3. The van der Waals surface area contributed by atoms with Crippen LogP contribution < -0.4 is 0 Å². The van der Waals surface area contributed by atoms with Crippen LogP contribution in [0.1, 0.15) is 79.6 Å². The Labute approximate surface area is 163 Å². The molecule has 154 valence electrons. The summed E-state index contributed by atoms with van der Waals surface area (Å²) in [6.45, 7) is 10.9. The molecule has 0 saturated heterocycles. The zero-order valence-electron chi connectivity index (χ0n) is 17.7. The summed E-state index contributed by atoms with van der Waals surface area (Å²) in [5.74, 6) is 0.704. The molecular formula is C23H38O4. The second kappa shape index (κ2) is 5.79. The van der Waals surface area contributed by atoms with E-state index in [1.807, 2.05) is 0 Å². The first-order chi connectivity index (χ1) is 12.4. The molecule has 0 aromatic rings. The molecule has 4 nitrogen and oxygen atoms in total. The van der Waals surface area contributed by atoms with Crippen molar-refractivity contribution in [3.8, 4) is 0 Å². The largest absolute Gasteiger partial charge is 0.388 e. The molecule has 0 spiro atoms. The number of ketones is 1. The van der Waals surface area contributed by atoms with Crippen LogP contribution in [-0.4, -0.2) is 33.0 Å². The number of Topliss-reactive ketones (excluding diaryl/α,β-unsaturated/α-hetero) is 1. The van der Waals surface area contributed by atoms with Crippen molar-refractivity contribution in [2.24, 2.45) is 45.8 Å². The summed E-state index contributed by atoms with van der Waals surface area (Å²) >= 11 is 0. The van der Waals surface area contributed by atoms with Gasteiger partial charge in [-0.3, -0.25) is 4.79 Å². The maximum Gasteiger partial charge on any atom is 0.189 e. The van der Waals surface area contributed by atoms with Gasteiger partial charge in [0.2, 0.25) is 0 Å². The maximum absolute atomic E-state index is 12.6. The number of fused-ring (bicyclic) bond motifs is 5. The summed E-state index contributed by atoms with van der Waals surface area (Å²) in [6, 6.07) is 0. The number of hydrogen-bond acceptors (Lipinski definition) is 4. The van der Waals surface area contributed by atoms with Gasteiger partial charge in [-0.1, -0.05) is 27.7 Å². The van der Waals surface area contributed by atoms with Crippen molar-refractivity contribution in [2.75, 3.05) is 0 Å². The summed E-state index contributed by atoms with van der Waals surface area (Å²) in [5.41, 5.74) is -0.178. The lowest BCUT2D eigenvalue weighted by Crippen LogP contribution is -2.62. The molecule has 4 aliphatic rings. The Morgan fingerprint density at radius 3 is 2.22 bits per heavy atom. The predicted molar refractivity (Wildman–Crippen MR) is 104 cm³/mol. The first-order valence-corrected chi connectivity index (χ1v) is 11.0.